The summed E-state index contributed by atoms with van der Waals surface area (Å²) < 4.78 is 23.2. The highest BCUT2D eigenvalue weighted by Crippen LogP contribution is 2.58. The Morgan fingerprint density at radius 3 is 2.57 bits per heavy atom. The number of ether oxygens (including phenoxy) is 4. The lowest BCUT2D eigenvalue weighted by atomic mass is 9.71. The zero-order chi connectivity index (χ0) is 39.8. The van der Waals surface area contributed by atoms with Gasteiger partial charge >= 0.3 is 6.09 Å². The number of aromatic hydroxyl groups is 2. The summed E-state index contributed by atoms with van der Waals surface area (Å²) in [6, 6.07) is 8.91. The molecule has 0 saturated carbocycles. The number of amides is 2. The molecule has 14 nitrogen and oxygen atoms in total. The molecule has 5 N–H and O–H groups in total. The van der Waals surface area contributed by atoms with Gasteiger partial charge in [0.1, 0.15) is 23.4 Å². The molecule has 1 fully saturated rings. The molecule has 1 unspecified atom stereocenters. The van der Waals surface area contributed by atoms with Crippen LogP contribution in [0.2, 0.25) is 0 Å². The van der Waals surface area contributed by atoms with Crippen molar-refractivity contribution in [3.8, 4) is 34.8 Å². The number of carbonyl (C=O) groups is 2. The number of para-hydroxylation sites is 1. The Kier molecular flexibility index (Phi) is 9.20. The maximum atomic E-state index is 14.5. The number of aryl methyl sites for hydroxylation is 1. The molecule has 4 aromatic rings. The third kappa shape index (κ3) is 6.01. The van der Waals surface area contributed by atoms with Crippen molar-refractivity contribution < 1.29 is 38.7 Å². The maximum Gasteiger partial charge on any atom is 0.408 e. The highest BCUT2D eigenvalue weighted by molar-refractivity contribution is 5.88. The van der Waals surface area contributed by atoms with Crippen LogP contribution in [0.25, 0.3) is 10.9 Å². The number of likely N-dealkylation sites (N-methyl/N-ethyl adjacent to an activating group) is 1. The number of nitriles is 1. The number of phenols is 2. The van der Waals surface area contributed by atoms with E-state index in [9.17, 15) is 25.1 Å². The minimum absolute atomic E-state index is 0.00158. The number of methoxy groups -OCH3 is 1. The molecule has 2 bridgehead atoms. The van der Waals surface area contributed by atoms with Crippen molar-refractivity contribution >= 4 is 22.9 Å². The van der Waals surface area contributed by atoms with Crippen LogP contribution < -0.4 is 24.8 Å². The van der Waals surface area contributed by atoms with Crippen LogP contribution in [-0.4, -0.2) is 94.3 Å². The highest BCUT2D eigenvalue weighted by atomic mass is 16.7. The molecule has 4 aliphatic rings. The monoisotopic (exact) mass is 764 g/mol. The second-order valence-electron chi connectivity index (χ2n) is 16.3. The molecule has 3 aromatic carbocycles. The lowest BCUT2D eigenvalue weighted by Gasteiger charge is -2.60. The zero-order valence-corrected chi connectivity index (χ0v) is 32.6. The molecule has 6 atom stereocenters. The van der Waals surface area contributed by atoms with Gasteiger partial charge in [0.25, 0.3) is 0 Å². The number of piperazine rings is 1. The molecule has 56 heavy (non-hydrogen) atoms. The number of phenolic OH excluding ortho intramolecular Hbond substituents is 2. The molecule has 1 saturated heterocycles. The van der Waals surface area contributed by atoms with E-state index in [2.05, 4.69) is 31.5 Å². The second-order valence-corrected chi connectivity index (χ2v) is 16.3. The van der Waals surface area contributed by atoms with Gasteiger partial charge in [-0.25, -0.2) is 4.79 Å². The van der Waals surface area contributed by atoms with Crippen LogP contribution in [0, 0.1) is 25.2 Å². The van der Waals surface area contributed by atoms with Crippen LogP contribution in [0.15, 0.2) is 36.5 Å². The number of alkyl carbamates (subject to hydrolysis) is 1. The topological polar surface area (TPSA) is 182 Å². The van der Waals surface area contributed by atoms with Crippen molar-refractivity contribution in [1.82, 2.24) is 25.4 Å². The minimum atomic E-state index is -1.03. The smallest absolute Gasteiger partial charge is 0.408 e. The molecule has 14 heteroatoms. The third-order valence-electron chi connectivity index (χ3n) is 11.9. The van der Waals surface area contributed by atoms with Crippen LogP contribution in [0.3, 0.4) is 0 Å². The number of fused-ring (bicyclic) bond motifs is 10. The van der Waals surface area contributed by atoms with Crippen LogP contribution in [0.5, 0.6) is 28.7 Å². The van der Waals surface area contributed by atoms with Gasteiger partial charge in [0.15, 0.2) is 23.0 Å². The molecule has 0 aliphatic carbocycles. The second kappa shape index (κ2) is 13.8. The van der Waals surface area contributed by atoms with Crippen molar-refractivity contribution in [3.63, 3.8) is 0 Å². The van der Waals surface area contributed by atoms with Crippen LogP contribution in [0.1, 0.15) is 71.8 Å². The van der Waals surface area contributed by atoms with E-state index in [0.717, 1.165) is 33.2 Å². The van der Waals surface area contributed by atoms with E-state index < -0.39 is 47.8 Å². The van der Waals surface area contributed by atoms with E-state index in [1.165, 1.54) is 7.11 Å². The first-order valence-corrected chi connectivity index (χ1v) is 19.0. The zero-order valence-electron chi connectivity index (χ0n) is 32.6. The van der Waals surface area contributed by atoms with Crippen molar-refractivity contribution in [2.24, 2.45) is 0 Å². The van der Waals surface area contributed by atoms with Gasteiger partial charge in [-0.05, 0) is 77.3 Å². The quantitative estimate of drug-likeness (QED) is 0.172. The van der Waals surface area contributed by atoms with Gasteiger partial charge in [0.05, 0.1) is 25.3 Å². The summed E-state index contributed by atoms with van der Waals surface area (Å²) in [6.07, 6.45) is 2.09. The van der Waals surface area contributed by atoms with E-state index >= 15 is 0 Å². The lowest BCUT2D eigenvalue weighted by molar-refractivity contribution is -0.124. The number of nitrogens with zero attached hydrogens (tertiary/aromatic N) is 3. The lowest BCUT2D eigenvalue weighted by Crippen LogP contribution is -2.69. The summed E-state index contributed by atoms with van der Waals surface area (Å²) >= 11 is 0. The Morgan fingerprint density at radius 1 is 1.09 bits per heavy atom. The van der Waals surface area contributed by atoms with Gasteiger partial charge in [-0.3, -0.25) is 14.6 Å². The molecule has 4 aliphatic heterocycles. The molecule has 2 amide bonds. The van der Waals surface area contributed by atoms with E-state index in [1.807, 2.05) is 50.5 Å². The third-order valence-corrected chi connectivity index (χ3v) is 11.9. The Hall–Kier alpha value is -5.65. The van der Waals surface area contributed by atoms with Gasteiger partial charge in [0.2, 0.25) is 12.7 Å². The molecular formula is C42H48N6O8. The summed E-state index contributed by atoms with van der Waals surface area (Å²) in [7, 11) is 3.51. The Balaban J connectivity index is 1.21. The van der Waals surface area contributed by atoms with Crippen LogP contribution >= 0.6 is 0 Å². The minimum Gasteiger partial charge on any atom is -0.507 e. The summed E-state index contributed by atoms with van der Waals surface area (Å²) in [5, 5.41) is 41.5. The first kappa shape index (κ1) is 37.3. The predicted molar refractivity (Wildman–Crippen MR) is 206 cm³/mol. The molecule has 8 rings (SSSR count). The molecule has 294 valence electrons. The fourth-order valence-corrected chi connectivity index (χ4v) is 9.54. The van der Waals surface area contributed by atoms with Crippen molar-refractivity contribution in [3.05, 3.63) is 75.5 Å². The van der Waals surface area contributed by atoms with Gasteiger partial charge < -0.3 is 44.8 Å². The van der Waals surface area contributed by atoms with Gasteiger partial charge in [-0.1, -0.05) is 24.3 Å². The number of carbonyl (C=O) groups excluding carboxylic acids is 2. The van der Waals surface area contributed by atoms with E-state index in [0.29, 0.717) is 46.8 Å². The number of hydrogen-bond acceptors (Lipinski definition) is 11. The number of H-pyrrole nitrogens is 1. The van der Waals surface area contributed by atoms with E-state index in [4.69, 9.17) is 18.9 Å². The molecule has 0 spiro atoms. The largest absolute Gasteiger partial charge is 0.507 e. The molecule has 5 heterocycles. The average molecular weight is 765 g/mol. The van der Waals surface area contributed by atoms with Gasteiger partial charge in [-0.2, -0.15) is 5.26 Å². The van der Waals surface area contributed by atoms with Crippen molar-refractivity contribution in [2.75, 3.05) is 27.5 Å². The number of aromatic nitrogens is 1. The standard InChI is InChI=1S/C42H48N6O8/c1-20-12-22-14-28-30(16-43)48-29(34(47(28)6)32(22)36(50)37(20)53-7)15-25-33(39-38(54-19-55-39)21(2)35(25)49)31(48)18-45-40(51)27(46-41(52)56-42(3,4)5)13-23-17-44-26-11-9-8-10-24(23)26/h8-12,17,27-31,34,44,49-50H,13-15,18-19H2,1-7H3,(H,45,51)(H,46,52)/t27-,28-,29?,30-,31-,34-/m0/s1. The van der Waals surface area contributed by atoms with Crippen LogP contribution in [-0.2, 0) is 28.8 Å². The SMILES string of the molecule is COc1c(C)cc2c(c1O)[C@@H]1C3Cc4c(O)c(C)c5c(c4[C@H](CNC(=O)[C@H](Cc4c[nH]c6ccccc46)NC(=O)OC(C)(C)C)N3[C@@H](C#N)[C@H](C2)N1C)OCO5. The predicted octanol–water partition coefficient (Wildman–Crippen LogP) is 4.96. The Bertz CT molecular complexity index is 2290. The maximum absolute atomic E-state index is 14.5. The van der Waals surface area contributed by atoms with Gasteiger partial charge in [0, 0.05) is 64.4 Å². The Morgan fingerprint density at radius 2 is 1.84 bits per heavy atom. The van der Waals surface area contributed by atoms with Gasteiger partial charge in [-0.15, -0.1) is 0 Å². The summed E-state index contributed by atoms with van der Waals surface area (Å²) in [5.74, 6) is 0.945. The van der Waals surface area contributed by atoms with Crippen molar-refractivity contribution in [1.29, 1.82) is 5.26 Å². The number of hydrogen-bond donors (Lipinski definition) is 5. The number of aromatic amines is 1. The van der Waals surface area contributed by atoms with Crippen molar-refractivity contribution in [2.45, 2.75) is 95.7 Å². The van der Waals surface area contributed by atoms with E-state index in [-0.39, 0.29) is 37.3 Å². The molecule has 0 radical (unpaired) electrons. The van der Waals surface area contributed by atoms with E-state index in [1.54, 1.807) is 27.7 Å². The fourth-order valence-electron chi connectivity index (χ4n) is 9.54. The normalized spacial score (nSPS) is 23.0. The average Bonchev–Trinajstić information content (AvgIpc) is 3.80. The number of nitrogens with one attached hydrogen (secondary N) is 3. The summed E-state index contributed by atoms with van der Waals surface area (Å²) in [6.45, 7) is 8.89. The fraction of sp³-hybridized carbons (Fsp3) is 0.452. The molecule has 1 aromatic heterocycles. The molecular weight excluding hydrogens is 716 g/mol. The highest BCUT2D eigenvalue weighted by Gasteiger charge is 2.56. The first-order valence-electron chi connectivity index (χ1n) is 19.0. The summed E-state index contributed by atoms with van der Waals surface area (Å²) in [4.78, 5) is 35.2. The Labute approximate surface area is 325 Å². The van der Waals surface area contributed by atoms with Crippen LogP contribution in [0.4, 0.5) is 4.79 Å². The summed E-state index contributed by atoms with van der Waals surface area (Å²) in [5.41, 5.74) is 5.22. The number of rotatable bonds is 7. The first-order chi connectivity index (χ1) is 26.7. The number of benzene rings is 3.